The quantitative estimate of drug-likeness (QED) is 0.706. The second kappa shape index (κ2) is 5.32. The van der Waals surface area contributed by atoms with Crippen LogP contribution >= 0.6 is 0 Å². The number of rotatable bonds is 6. The molecule has 0 bridgehead atoms. The van der Waals surface area contributed by atoms with E-state index in [2.05, 4.69) is 4.90 Å². The first kappa shape index (κ1) is 12.1. The molecule has 3 heteroatoms. The van der Waals surface area contributed by atoms with Crippen molar-refractivity contribution in [3.63, 3.8) is 0 Å². The van der Waals surface area contributed by atoms with E-state index in [0.29, 0.717) is 6.54 Å². The van der Waals surface area contributed by atoms with Crippen molar-refractivity contribution in [2.45, 2.75) is 12.8 Å². The molecule has 1 aromatic carbocycles. The van der Waals surface area contributed by atoms with Gasteiger partial charge in [-0.25, -0.2) is 0 Å². The molecule has 0 atom stereocenters. The summed E-state index contributed by atoms with van der Waals surface area (Å²) >= 11 is 0. The molecule has 0 heterocycles. The molecule has 3 nitrogen and oxygen atoms in total. The fourth-order valence-corrected chi connectivity index (χ4v) is 1.94. The van der Waals surface area contributed by atoms with E-state index in [1.165, 1.54) is 12.8 Å². The number of ketones is 1. The van der Waals surface area contributed by atoms with E-state index < -0.39 is 0 Å². The number of nitrogens with zero attached hydrogens (tertiary/aromatic N) is 1. The number of carbonyl (C=O) groups excluding carboxylic acids is 1. The normalized spacial score (nSPS) is 15.0. The second-order valence-electron chi connectivity index (χ2n) is 4.80. The van der Waals surface area contributed by atoms with Crippen LogP contribution in [0.15, 0.2) is 24.3 Å². The van der Waals surface area contributed by atoms with Crippen molar-refractivity contribution in [3.8, 4) is 5.75 Å². The molecule has 0 N–H and O–H groups in total. The van der Waals surface area contributed by atoms with Gasteiger partial charge in [-0.1, -0.05) is 12.1 Å². The number of carbonyl (C=O) groups is 1. The maximum atomic E-state index is 12.0. The molecule has 92 valence electrons. The summed E-state index contributed by atoms with van der Waals surface area (Å²) in [5, 5.41) is 0. The van der Waals surface area contributed by atoms with Crippen molar-refractivity contribution in [1.82, 2.24) is 4.90 Å². The summed E-state index contributed by atoms with van der Waals surface area (Å²) in [6.45, 7) is 1.53. The van der Waals surface area contributed by atoms with Crippen LogP contribution in [0.4, 0.5) is 0 Å². The first-order valence-electron chi connectivity index (χ1n) is 6.05. The van der Waals surface area contributed by atoms with Gasteiger partial charge in [-0.2, -0.15) is 0 Å². The number of hydrogen-bond donors (Lipinski definition) is 0. The molecule has 1 aliphatic rings. The Morgan fingerprint density at radius 2 is 2.24 bits per heavy atom. The average molecular weight is 233 g/mol. The van der Waals surface area contributed by atoms with E-state index in [0.717, 1.165) is 23.8 Å². The van der Waals surface area contributed by atoms with E-state index in [4.69, 9.17) is 4.74 Å². The molecule has 2 rings (SSSR count). The minimum Gasteiger partial charge on any atom is -0.497 e. The van der Waals surface area contributed by atoms with Gasteiger partial charge < -0.3 is 4.74 Å². The molecule has 0 amide bonds. The summed E-state index contributed by atoms with van der Waals surface area (Å²) in [6, 6.07) is 7.35. The van der Waals surface area contributed by atoms with Crippen LogP contribution in [0.2, 0.25) is 0 Å². The Hall–Kier alpha value is -1.35. The SMILES string of the molecule is COc1cccc(C(=O)CN(C)CC2CC2)c1. The van der Waals surface area contributed by atoms with Crippen LogP contribution < -0.4 is 4.74 Å². The summed E-state index contributed by atoms with van der Waals surface area (Å²) in [6.07, 6.45) is 2.63. The highest BCUT2D eigenvalue weighted by molar-refractivity contribution is 5.97. The molecule has 0 spiro atoms. The number of likely N-dealkylation sites (N-methyl/N-ethyl adjacent to an activating group) is 1. The van der Waals surface area contributed by atoms with Crippen molar-refractivity contribution >= 4 is 5.78 Å². The second-order valence-corrected chi connectivity index (χ2v) is 4.80. The molecule has 0 aliphatic heterocycles. The van der Waals surface area contributed by atoms with Crippen LogP contribution in [-0.4, -0.2) is 37.9 Å². The maximum absolute atomic E-state index is 12.0. The maximum Gasteiger partial charge on any atom is 0.176 e. The zero-order valence-electron chi connectivity index (χ0n) is 10.5. The van der Waals surface area contributed by atoms with Crippen molar-refractivity contribution in [1.29, 1.82) is 0 Å². The minimum absolute atomic E-state index is 0.159. The number of methoxy groups -OCH3 is 1. The van der Waals surface area contributed by atoms with E-state index in [9.17, 15) is 4.79 Å². The van der Waals surface area contributed by atoms with Crippen LogP contribution in [0.25, 0.3) is 0 Å². The zero-order chi connectivity index (χ0) is 12.3. The summed E-state index contributed by atoms with van der Waals surface area (Å²) in [7, 11) is 3.62. The third-order valence-corrected chi connectivity index (χ3v) is 3.07. The first-order chi connectivity index (χ1) is 8.19. The zero-order valence-corrected chi connectivity index (χ0v) is 10.5. The van der Waals surface area contributed by atoms with Gasteiger partial charge in [0, 0.05) is 12.1 Å². The van der Waals surface area contributed by atoms with Gasteiger partial charge in [-0.15, -0.1) is 0 Å². The Morgan fingerprint density at radius 3 is 2.88 bits per heavy atom. The van der Waals surface area contributed by atoms with Crippen LogP contribution in [0.1, 0.15) is 23.2 Å². The van der Waals surface area contributed by atoms with Crippen LogP contribution in [-0.2, 0) is 0 Å². The van der Waals surface area contributed by atoms with E-state index >= 15 is 0 Å². The smallest absolute Gasteiger partial charge is 0.176 e. The molecule has 0 radical (unpaired) electrons. The number of ether oxygens (including phenoxy) is 1. The lowest BCUT2D eigenvalue weighted by molar-refractivity contribution is 0.0944. The molecular weight excluding hydrogens is 214 g/mol. The number of benzene rings is 1. The molecule has 1 fully saturated rings. The third-order valence-electron chi connectivity index (χ3n) is 3.07. The molecule has 0 saturated heterocycles. The van der Waals surface area contributed by atoms with Gasteiger partial charge in [0.25, 0.3) is 0 Å². The molecule has 0 unspecified atom stereocenters. The molecule has 1 saturated carbocycles. The summed E-state index contributed by atoms with van der Waals surface area (Å²) in [5.41, 5.74) is 0.729. The Bertz CT molecular complexity index is 399. The van der Waals surface area contributed by atoms with Gasteiger partial charge >= 0.3 is 0 Å². The van der Waals surface area contributed by atoms with Gasteiger partial charge in [-0.05, 0) is 37.9 Å². The van der Waals surface area contributed by atoms with Gasteiger partial charge in [0.2, 0.25) is 0 Å². The van der Waals surface area contributed by atoms with E-state index in [1.807, 2.05) is 25.2 Å². The lowest BCUT2D eigenvalue weighted by Crippen LogP contribution is -2.27. The summed E-state index contributed by atoms with van der Waals surface area (Å²) < 4.78 is 5.12. The van der Waals surface area contributed by atoms with Crippen molar-refractivity contribution in [2.24, 2.45) is 5.92 Å². The first-order valence-corrected chi connectivity index (χ1v) is 6.05. The molecule has 1 aliphatic carbocycles. The van der Waals surface area contributed by atoms with Crippen LogP contribution in [0, 0.1) is 5.92 Å². The van der Waals surface area contributed by atoms with Gasteiger partial charge in [0.1, 0.15) is 5.75 Å². The lowest BCUT2D eigenvalue weighted by Gasteiger charge is -2.15. The van der Waals surface area contributed by atoms with Crippen molar-refractivity contribution < 1.29 is 9.53 Å². The number of Topliss-reactive ketones (excluding diaryl/α,β-unsaturated/α-hetero) is 1. The predicted octanol–water partition coefficient (Wildman–Crippen LogP) is 2.22. The van der Waals surface area contributed by atoms with Gasteiger partial charge in [0.15, 0.2) is 5.78 Å². The molecular formula is C14H19NO2. The Kier molecular flexibility index (Phi) is 3.79. The fourth-order valence-electron chi connectivity index (χ4n) is 1.94. The minimum atomic E-state index is 0.159. The third kappa shape index (κ3) is 3.56. The Labute approximate surface area is 102 Å². The average Bonchev–Trinajstić information content (AvgIpc) is 3.12. The molecule has 1 aromatic rings. The molecule has 0 aromatic heterocycles. The highest BCUT2D eigenvalue weighted by Crippen LogP contribution is 2.29. The monoisotopic (exact) mass is 233 g/mol. The predicted molar refractivity (Wildman–Crippen MR) is 67.5 cm³/mol. The van der Waals surface area contributed by atoms with Gasteiger partial charge in [0.05, 0.1) is 13.7 Å². The standard InChI is InChI=1S/C14H19NO2/c1-15(9-11-6-7-11)10-14(16)12-4-3-5-13(8-12)17-2/h3-5,8,11H,6-7,9-10H2,1-2H3. The lowest BCUT2D eigenvalue weighted by atomic mass is 10.1. The van der Waals surface area contributed by atoms with E-state index in [1.54, 1.807) is 13.2 Å². The summed E-state index contributed by atoms with van der Waals surface area (Å²) in [4.78, 5) is 14.1. The number of hydrogen-bond acceptors (Lipinski definition) is 3. The highest BCUT2D eigenvalue weighted by atomic mass is 16.5. The van der Waals surface area contributed by atoms with Crippen molar-refractivity contribution in [2.75, 3.05) is 27.2 Å². The molecule has 17 heavy (non-hydrogen) atoms. The largest absolute Gasteiger partial charge is 0.497 e. The Balaban J connectivity index is 1.92. The topological polar surface area (TPSA) is 29.5 Å². The van der Waals surface area contributed by atoms with E-state index in [-0.39, 0.29) is 5.78 Å². The van der Waals surface area contributed by atoms with Crippen molar-refractivity contribution in [3.05, 3.63) is 29.8 Å². The summed E-state index contributed by atoms with van der Waals surface area (Å²) in [5.74, 6) is 1.71. The van der Waals surface area contributed by atoms with Crippen LogP contribution in [0.5, 0.6) is 5.75 Å². The highest BCUT2D eigenvalue weighted by Gasteiger charge is 2.23. The fraction of sp³-hybridized carbons (Fsp3) is 0.500. The van der Waals surface area contributed by atoms with Gasteiger partial charge in [-0.3, -0.25) is 9.69 Å². The Morgan fingerprint density at radius 1 is 1.47 bits per heavy atom. The van der Waals surface area contributed by atoms with Crippen LogP contribution in [0.3, 0.4) is 0 Å².